The van der Waals surface area contributed by atoms with E-state index in [0.717, 1.165) is 17.9 Å². The second-order valence-corrected chi connectivity index (χ2v) is 3.83. The SMILES string of the molecule is CN(C)CCOc1cccc(CC=C=O)c1. The van der Waals surface area contributed by atoms with E-state index in [4.69, 9.17) is 4.74 Å². The van der Waals surface area contributed by atoms with Gasteiger partial charge in [0.05, 0.1) is 0 Å². The number of ether oxygens (including phenoxy) is 1. The second kappa shape index (κ2) is 6.83. The Bertz CT molecular complexity index is 368. The number of nitrogens with zero attached hydrogens (tertiary/aromatic N) is 1. The van der Waals surface area contributed by atoms with Crippen molar-refractivity contribution in [2.75, 3.05) is 27.2 Å². The first-order valence-corrected chi connectivity index (χ1v) is 5.28. The van der Waals surface area contributed by atoms with Crippen molar-refractivity contribution in [2.45, 2.75) is 6.42 Å². The summed E-state index contributed by atoms with van der Waals surface area (Å²) in [6.07, 6.45) is 2.08. The molecule has 0 heterocycles. The first-order chi connectivity index (χ1) is 7.72. The van der Waals surface area contributed by atoms with Crippen LogP contribution in [-0.2, 0) is 11.2 Å². The van der Waals surface area contributed by atoms with Crippen LogP contribution < -0.4 is 4.74 Å². The Morgan fingerprint density at radius 2 is 2.25 bits per heavy atom. The third-order valence-electron chi connectivity index (χ3n) is 2.13. The average molecular weight is 219 g/mol. The van der Waals surface area contributed by atoms with Crippen molar-refractivity contribution in [3.05, 3.63) is 35.9 Å². The van der Waals surface area contributed by atoms with Gasteiger partial charge in [0.1, 0.15) is 18.3 Å². The Kier molecular flexibility index (Phi) is 5.34. The summed E-state index contributed by atoms with van der Waals surface area (Å²) in [7, 11) is 4.02. The maximum absolute atomic E-state index is 10.1. The number of carbonyl (C=O) groups excluding carboxylic acids is 1. The normalized spacial score (nSPS) is 9.94. The molecule has 0 aliphatic carbocycles. The van der Waals surface area contributed by atoms with Gasteiger partial charge in [-0.3, -0.25) is 0 Å². The lowest BCUT2D eigenvalue weighted by Crippen LogP contribution is -2.19. The van der Waals surface area contributed by atoms with Crippen LogP contribution in [0.5, 0.6) is 5.75 Å². The van der Waals surface area contributed by atoms with Gasteiger partial charge in [0.2, 0.25) is 0 Å². The molecule has 3 heteroatoms. The van der Waals surface area contributed by atoms with Crippen LogP contribution in [0.15, 0.2) is 30.3 Å². The molecule has 0 N–H and O–H groups in total. The molecule has 0 atom stereocenters. The van der Waals surface area contributed by atoms with E-state index >= 15 is 0 Å². The highest BCUT2D eigenvalue weighted by Gasteiger charge is 1.96. The minimum absolute atomic E-state index is 0.606. The molecule has 0 saturated heterocycles. The number of hydrogen-bond donors (Lipinski definition) is 0. The number of likely N-dealkylation sites (N-methyl/N-ethyl adjacent to an activating group) is 1. The Morgan fingerprint density at radius 3 is 2.94 bits per heavy atom. The van der Waals surface area contributed by atoms with Gasteiger partial charge < -0.3 is 9.64 Å². The lowest BCUT2D eigenvalue weighted by molar-refractivity contribution is 0.261. The number of benzene rings is 1. The smallest absolute Gasteiger partial charge is 0.120 e. The highest BCUT2D eigenvalue weighted by Crippen LogP contribution is 2.13. The molecule has 1 aromatic rings. The molecule has 0 fully saturated rings. The molecule has 0 unspecified atom stereocenters. The molecule has 0 saturated carbocycles. The molecule has 0 amide bonds. The van der Waals surface area contributed by atoms with E-state index in [1.54, 1.807) is 5.94 Å². The Balaban J connectivity index is 2.50. The van der Waals surface area contributed by atoms with Gasteiger partial charge in [-0.05, 0) is 31.8 Å². The summed E-state index contributed by atoms with van der Waals surface area (Å²) < 4.78 is 5.58. The Morgan fingerprint density at radius 1 is 1.44 bits per heavy atom. The Labute approximate surface area is 96.3 Å². The molecular weight excluding hydrogens is 202 g/mol. The van der Waals surface area contributed by atoms with E-state index in [0.29, 0.717) is 13.0 Å². The highest BCUT2D eigenvalue weighted by molar-refractivity contribution is 5.46. The lowest BCUT2D eigenvalue weighted by atomic mass is 10.1. The topological polar surface area (TPSA) is 29.5 Å². The zero-order valence-corrected chi connectivity index (χ0v) is 9.77. The molecule has 0 radical (unpaired) electrons. The van der Waals surface area contributed by atoms with Crippen LogP contribution in [0, 0.1) is 0 Å². The first kappa shape index (κ1) is 12.5. The van der Waals surface area contributed by atoms with E-state index in [1.165, 1.54) is 6.08 Å². The molecular formula is C13H17NO2. The van der Waals surface area contributed by atoms with Crippen molar-refractivity contribution < 1.29 is 9.53 Å². The highest BCUT2D eigenvalue weighted by atomic mass is 16.5. The van der Waals surface area contributed by atoms with Crippen LogP contribution in [0.3, 0.4) is 0 Å². The number of rotatable bonds is 6. The van der Waals surface area contributed by atoms with E-state index < -0.39 is 0 Å². The number of allylic oxidation sites excluding steroid dienone is 1. The third-order valence-corrected chi connectivity index (χ3v) is 2.13. The molecule has 0 aromatic heterocycles. The van der Waals surface area contributed by atoms with Crippen molar-refractivity contribution in [2.24, 2.45) is 0 Å². The summed E-state index contributed by atoms with van der Waals surface area (Å²) in [6, 6.07) is 7.76. The van der Waals surface area contributed by atoms with E-state index in [1.807, 2.05) is 38.4 Å². The molecule has 0 bridgehead atoms. The predicted octanol–water partition coefficient (Wildman–Crippen LogP) is 1.56. The van der Waals surface area contributed by atoms with E-state index in [9.17, 15) is 4.79 Å². The Hall–Kier alpha value is -1.57. The standard InChI is InChI=1S/C13H17NO2/c1-14(2)8-10-16-13-7-3-5-12(11-13)6-4-9-15/h3-5,7,11H,6,8,10H2,1-2H3. The first-order valence-electron chi connectivity index (χ1n) is 5.28. The van der Waals surface area contributed by atoms with Crippen LogP contribution >= 0.6 is 0 Å². The van der Waals surface area contributed by atoms with Gasteiger partial charge in [0, 0.05) is 19.0 Å². The summed E-state index contributed by atoms with van der Waals surface area (Å²) >= 11 is 0. The van der Waals surface area contributed by atoms with Crippen LogP contribution in [0.4, 0.5) is 0 Å². The molecule has 0 aliphatic heterocycles. The summed E-state index contributed by atoms with van der Waals surface area (Å²) in [5.41, 5.74) is 1.06. The minimum Gasteiger partial charge on any atom is -0.492 e. The van der Waals surface area contributed by atoms with Crippen LogP contribution in [0.1, 0.15) is 5.56 Å². The largest absolute Gasteiger partial charge is 0.492 e. The fraction of sp³-hybridized carbons (Fsp3) is 0.385. The van der Waals surface area contributed by atoms with Crippen LogP contribution in [0.2, 0.25) is 0 Å². The van der Waals surface area contributed by atoms with Gasteiger partial charge in [-0.25, -0.2) is 4.79 Å². The van der Waals surface area contributed by atoms with Gasteiger partial charge in [0.15, 0.2) is 0 Å². The molecule has 1 aromatic carbocycles. The van der Waals surface area contributed by atoms with Gasteiger partial charge in [-0.1, -0.05) is 12.1 Å². The maximum Gasteiger partial charge on any atom is 0.120 e. The van der Waals surface area contributed by atoms with Crippen LogP contribution in [-0.4, -0.2) is 38.1 Å². The van der Waals surface area contributed by atoms with Crippen molar-refractivity contribution in [3.63, 3.8) is 0 Å². The molecule has 1 rings (SSSR count). The fourth-order valence-corrected chi connectivity index (χ4v) is 1.27. The van der Waals surface area contributed by atoms with Crippen molar-refractivity contribution in [1.82, 2.24) is 4.90 Å². The summed E-state index contributed by atoms with van der Waals surface area (Å²) in [6.45, 7) is 1.55. The third kappa shape index (κ3) is 4.78. The maximum atomic E-state index is 10.1. The van der Waals surface area contributed by atoms with Crippen molar-refractivity contribution in [3.8, 4) is 5.75 Å². The van der Waals surface area contributed by atoms with E-state index in [2.05, 4.69) is 4.90 Å². The molecule has 86 valence electrons. The minimum atomic E-state index is 0.606. The molecule has 0 spiro atoms. The zero-order valence-electron chi connectivity index (χ0n) is 9.77. The van der Waals surface area contributed by atoms with Gasteiger partial charge in [-0.15, -0.1) is 0 Å². The van der Waals surface area contributed by atoms with E-state index in [-0.39, 0.29) is 0 Å². The lowest BCUT2D eigenvalue weighted by Gasteiger charge is -2.11. The van der Waals surface area contributed by atoms with Gasteiger partial charge >= 0.3 is 0 Å². The monoisotopic (exact) mass is 219 g/mol. The fourth-order valence-electron chi connectivity index (χ4n) is 1.27. The second-order valence-electron chi connectivity index (χ2n) is 3.83. The molecule has 3 nitrogen and oxygen atoms in total. The van der Waals surface area contributed by atoms with Gasteiger partial charge in [-0.2, -0.15) is 0 Å². The van der Waals surface area contributed by atoms with Crippen molar-refractivity contribution >= 4 is 5.94 Å². The average Bonchev–Trinajstić information content (AvgIpc) is 2.26. The summed E-state index contributed by atoms with van der Waals surface area (Å²) in [5, 5.41) is 0. The zero-order chi connectivity index (χ0) is 11.8. The predicted molar refractivity (Wildman–Crippen MR) is 64.5 cm³/mol. The van der Waals surface area contributed by atoms with Gasteiger partial charge in [0.25, 0.3) is 0 Å². The number of hydrogen-bond acceptors (Lipinski definition) is 3. The molecule has 16 heavy (non-hydrogen) atoms. The summed E-state index contributed by atoms with van der Waals surface area (Å²) in [4.78, 5) is 12.2. The summed E-state index contributed by atoms with van der Waals surface area (Å²) in [5.74, 6) is 2.62. The van der Waals surface area contributed by atoms with Crippen LogP contribution in [0.25, 0.3) is 0 Å². The van der Waals surface area contributed by atoms with Crippen molar-refractivity contribution in [1.29, 1.82) is 0 Å². The molecule has 0 aliphatic rings. The quantitative estimate of drug-likeness (QED) is 0.680.